The minimum atomic E-state index is -3.28. The van der Waals surface area contributed by atoms with E-state index in [1.54, 1.807) is 12.4 Å². The first kappa shape index (κ1) is 19.5. The molecule has 0 bridgehead atoms. The molecule has 0 aromatic carbocycles. The van der Waals surface area contributed by atoms with Crippen molar-refractivity contribution < 1.29 is 17.9 Å². The standard InChI is InChI=1S/C10H15N3O2S.C5H10O2/c1-16(14,15)10-12-6-9(7-13-10)8-2-4-11-5-3-8;1-5(2,3)7-4-6/h6-8,11H,2-5H2,1H3;4H,1-3H3. The Hall–Kier alpha value is -1.54. The van der Waals surface area contributed by atoms with E-state index in [9.17, 15) is 13.2 Å². The Balaban J connectivity index is 0.000000322. The van der Waals surface area contributed by atoms with Crippen LogP contribution in [-0.4, -0.2) is 49.8 Å². The molecule has 8 heteroatoms. The van der Waals surface area contributed by atoms with Crippen molar-refractivity contribution in [2.24, 2.45) is 0 Å². The molecule has 1 fully saturated rings. The summed E-state index contributed by atoms with van der Waals surface area (Å²) in [5.74, 6) is 0.454. The predicted molar refractivity (Wildman–Crippen MR) is 86.9 cm³/mol. The Morgan fingerprint density at radius 3 is 2.09 bits per heavy atom. The van der Waals surface area contributed by atoms with Gasteiger partial charge < -0.3 is 10.1 Å². The summed E-state index contributed by atoms with van der Waals surface area (Å²) in [5.41, 5.74) is 0.718. The van der Waals surface area contributed by atoms with Crippen LogP contribution < -0.4 is 5.32 Å². The maximum absolute atomic E-state index is 11.2. The molecule has 7 nitrogen and oxygen atoms in total. The van der Waals surface area contributed by atoms with Crippen molar-refractivity contribution in [1.29, 1.82) is 0 Å². The molecule has 0 amide bonds. The van der Waals surface area contributed by atoms with Gasteiger partial charge in [-0.3, -0.25) is 4.79 Å². The van der Waals surface area contributed by atoms with Crippen molar-refractivity contribution in [3.05, 3.63) is 18.0 Å². The predicted octanol–water partition coefficient (Wildman–Crippen LogP) is 1.30. The Kier molecular flexibility index (Phi) is 7.08. The molecule has 23 heavy (non-hydrogen) atoms. The molecule has 1 aromatic rings. The van der Waals surface area contributed by atoms with Crippen LogP contribution in [0.3, 0.4) is 0 Å². The lowest BCUT2D eigenvalue weighted by molar-refractivity contribution is -0.138. The number of sulfone groups is 1. The van der Waals surface area contributed by atoms with Crippen LogP contribution in [0.4, 0.5) is 0 Å². The summed E-state index contributed by atoms with van der Waals surface area (Å²) in [6, 6.07) is 0. The average Bonchev–Trinajstić information content (AvgIpc) is 2.47. The van der Waals surface area contributed by atoms with Gasteiger partial charge in [-0.15, -0.1) is 0 Å². The third-order valence-corrected chi connectivity index (χ3v) is 4.07. The van der Waals surface area contributed by atoms with E-state index in [1.807, 2.05) is 20.8 Å². The van der Waals surface area contributed by atoms with E-state index in [0.717, 1.165) is 37.8 Å². The van der Waals surface area contributed by atoms with Crippen LogP contribution in [0.5, 0.6) is 0 Å². The lowest BCUT2D eigenvalue weighted by Gasteiger charge is -2.22. The second kappa shape index (κ2) is 8.35. The lowest BCUT2D eigenvalue weighted by atomic mass is 9.92. The molecular formula is C15H25N3O4S. The van der Waals surface area contributed by atoms with Crippen molar-refractivity contribution in [2.45, 2.75) is 50.3 Å². The van der Waals surface area contributed by atoms with Crippen molar-refractivity contribution in [3.8, 4) is 0 Å². The highest BCUT2D eigenvalue weighted by atomic mass is 32.2. The molecule has 0 unspecified atom stereocenters. The van der Waals surface area contributed by atoms with Crippen LogP contribution >= 0.6 is 0 Å². The number of piperidine rings is 1. The molecule has 0 saturated carbocycles. The average molecular weight is 343 g/mol. The van der Waals surface area contributed by atoms with Gasteiger partial charge in [-0.25, -0.2) is 18.4 Å². The Morgan fingerprint density at radius 1 is 1.22 bits per heavy atom. The number of nitrogens with zero attached hydrogens (tertiary/aromatic N) is 2. The van der Waals surface area contributed by atoms with Crippen LogP contribution in [0, 0.1) is 0 Å². The summed E-state index contributed by atoms with van der Waals surface area (Å²) < 4.78 is 26.9. The van der Waals surface area contributed by atoms with E-state index >= 15 is 0 Å². The molecule has 1 aliphatic heterocycles. The largest absolute Gasteiger partial charge is 0.462 e. The molecule has 0 atom stereocenters. The molecule has 0 spiro atoms. The highest BCUT2D eigenvalue weighted by molar-refractivity contribution is 7.90. The first-order valence-corrected chi connectivity index (χ1v) is 9.37. The molecular weight excluding hydrogens is 318 g/mol. The first-order valence-electron chi connectivity index (χ1n) is 7.47. The van der Waals surface area contributed by atoms with Gasteiger partial charge in [0.05, 0.1) is 0 Å². The first-order chi connectivity index (χ1) is 10.6. The number of ether oxygens (including phenoxy) is 1. The molecule has 130 valence electrons. The van der Waals surface area contributed by atoms with E-state index in [-0.39, 0.29) is 10.8 Å². The van der Waals surface area contributed by atoms with Crippen molar-refractivity contribution in [3.63, 3.8) is 0 Å². The van der Waals surface area contributed by atoms with Crippen LogP contribution in [0.15, 0.2) is 17.6 Å². The van der Waals surface area contributed by atoms with Crippen LogP contribution in [0.2, 0.25) is 0 Å². The monoisotopic (exact) mass is 343 g/mol. The molecule has 1 aliphatic rings. The quantitative estimate of drug-likeness (QED) is 0.652. The van der Waals surface area contributed by atoms with Gasteiger partial charge >= 0.3 is 0 Å². The summed E-state index contributed by atoms with van der Waals surface area (Å²) in [5, 5.41) is 3.19. The third kappa shape index (κ3) is 7.51. The van der Waals surface area contributed by atoms with Gasteiger partial charge in [0, 0.05) is 18.6 Å². The number of carbonyl (C=O) groups is 1. The normalized spacial score (nSPS) is 16.2. The van der Waals surface area contributed by atoms with Gasteiger partial charge in [0.25, 0.3) is 6.47 Å². The molecule has 0 radical (unpaired) electrons. The molecule has 1 N–H and O–H groups in total. The Labute approximate surface area is 137 Å². The fourth-order valence-corrected chi connectivity index (χ4v) is 2.52. The van der Waals surface area contributed by atoms with Crippen molar-refractivity contribution in [2.75, 3.05) is 19.3 Å². The van der Waals surface area contributed by atoms with Gasteiger partial charge in [0.2, 0.25) is 15.0 Å². The molecule has 2 heterocycles. The summed E-state index contributed by atoms with van der Waals surface area (Å²) in [7, 11) is -3.28. The van der Waals surface area contributed by atoms with Gasteiger partial charge in [-0.05, 0) is 58.2 Å². The van der Waals surface area contributed by atoms with Gasteiger partial charge in [-0.2, -0.15) is 0 Å². The molecule has 2 rings (SSSR count). The number of rotatable bonds is 3. The second-order valence-electron chi connectivity index (χ2n) is 6.42. The number of hydrogen-bond donors (Lipinski definition) is 1. The zero-order chi connectivity index (χ0) is 17.5. The third-order valence-electron chi connectivity index (χ3n) is 3.19. The number of hydrogen-bond acceptors (Lipinski definition) is 7. The Bertz CT molecular complexity index is 588. The fraction of sp³-hybridized carbons (Fsp3) is 0.667. The number of carbonyl (C=O) groups excluding carboxylic acids is 1. The lowest BCUT2D eigenvalue weighted by Crippen LogP contribution is -2.26. The van der Waals surface area contributed by atoms with Gasteiger partial charge in [0.15, 0.2) is 0 Å². The number of nitrogens with one attached hydrogen (secondary N) is 1. The second-order valence-corrected chi connectivity index (χ2v) is 8.33. The fourth-order valence-electron chi connectivity index (χ4n) is 2.03. The smallest absolute Gasteiger partial charge is 0.293 e. The van der Waals surface area contributed by atoms with Gasteiger partial charge in [-0.1, -0.05) is 0 Å². The van der Waals surface area contributed by atoms with E-state index in [1.165, 1.54) is 0 Å². The van der Waals surface area contributed by atoms with Crippen molar-refractivity contribution in [1.82, 2.24) is 15.3 Å². The summed E-state index contributed by atoms with van der Waals surface area (Å²) >= 11 is 0. The SMILES string of the molecule is CC(C)(C)OC=O.CS(=O)(=O)c1ncc(C2CCNCC2)cn1. The van der Waals surface area contributed by atoms with Crippen LogP contribution in [-0.2, 0) is 19.4 Å². The minimum absolute atomic E-state index is 0.0924. The van der Waals surface area contributed by atoms with Crippen LogP contribution in [0.25, 0.3) is 0 Å². The zero-order valence-electron chi connectivity index (χ0n) is 14.1. The molecule has 1 aromatic heterocycles. The number of aromatic nitrogens is 2. The van der Waals surface area contributed by atoms with Crippen molar-refractivity contribution >= 4 is 16.3 Å². The molecule has 0 aliphatic carbocycles. The van der Waals surface area contributed by atoms with E-state index < -0.39 is 9.84 Å². The van der Waals surface area contributed by atoms with E-state index in [2.05, 4.69) is 20.0 Å². The van der Waals surface area contributed by atoms with E-state index in [4.69, 9.17) is 0 Å². The highest BCUT2D eigenvalue weighted by Gasteiger charge is 2.17. The van der Waals surface area contributed by atoms with E-state index in [0.29, 0.717) is 12.4 Å². The molecule has 1 saturated heterocycles. The summed E-state index contributed by atoms with van der Waals surface area (Å²) in [6.45, 7) is 7.92. The topological polar surface area (TPSA) is 98.3 Å². The minimum Gasteiger partial charge on any atom is -0.462 e. The summed E-state index contributed by atoms with van der Waals surface area (Å²) in [6.07, 6.45) is 6.51. The highest BCUT2D eigenvalue weighted by Crippen LogP contribution is 2.23. The van der Waals surface area contributed by atoms with Crippen LogP contribution in [0.1, 0.15) is 45.1 Å². The maximum atomic E-state index is 11.2. The summed E-state index contributed by atoms with van der Waals surface area (Å²) in [4.78, 5) is 17.4. The Morgan fingerprint density at radius 2 is 1.74 bits per heavy atom. The zero-order valence-corrected chi connectivity index (χ0v) is 14.9. The van der Waals surface area contributed by atoms with Gasteiger partial charge in [0.1, 0.15) is 5.60 Å². The maximum Gasteiger partial charge on any atom is 0.293 e.